The molecule has 4 aromatic heterocycles. The molecule has 2 aliphatic rings. The zero-order valence-electron chi connectivity index (χ0n) is 30.5. The van der Waals surface area contributed by atoms with E-state index in [1.807, 2.05) is 52.8 Å². The molecule has 2 amide bonds. The molecule has 17 heteroatoms. The third-order valence-corrected chi connectivity index (χ3v) is 10.4. The zero-order chi connectivity index (χ0) is 37.9. The van der Waals surface area contributed by atoms with Gasteiger partial charge in [-0.25, -0.2) is 14.8 Å². The van der Waals surface area contributed by atoms with Gasteiger partial charge in [-0.1, -0.05) is 67.6 Å². The van der Waals surface area contributed by atoms with Crippen LogP contribution in [0.2, 0.25) is 0 Å². The van der Waals surface area contributed by atoms with E-state index in [0.717, 1.165) is 11.1 Å². The fraction of sp³-hybridized carbons (Fsp3) is 0.368. The van der Waals surface area contributed by atoms with Crippen molar-refractivity contribution < 1.29 is 19.7 Å². The van der Waals surface area contributed by atoms with Gasteiger partial charge in [0.1, 0.15) is 18.2 Å². The first-order chi connectivity index (χ1) is 26.9. The van der Waals surface area contributed by atoms with Gasteiger partial charge in [0.05, 0.1) is 31.4 Å². The van der Waals surface area contributed by atoms with Crippen LogP contribution in [-0.2, 0) is 6.42 Å². The number of nitrogens with one attached hydrogen (secondary N) is 3. The maximum atomic E-state index is 12.9. The summed E-state index contributed by atoms with van der Waals surface area (Å²) in [6, 6.07) is 22.3. The van der Waals surface area contributed by atoms with E-state index in [0.29, 0.717) is 79.2 Å². The largest absolute Gasteiger partial charge is 0.481 e. The van der Waals surface area contributed by atoms with Crippen LogP contribution in [-0.4, -0.2) is 106 Å². The number of hydrogen-bond acceptors (Lipinski definition) is 13. The number of carbonyl (C=O) groups excluding carboxylic acids is 1. The third kappa shape index (κ3) is 7.48. The number of carbonyl (C=O) groups is 1. The quantitative estimate of drug-likeness (QED) is 0.122. The molecule has 5 unspecified atom stereocenters. The van der Waals surface area contributed by atoms with Crippen LogP contribution in [0.1, 0.15) is 54.7 Å². The van der Waals surface area contributed by atoms with Gasteiger partial charge in [-0.2, -0.15) is 14.8 Å². The predicted molar refractivity (Wildman–Crippen MR) is 204 cm³/mol. The minimum absolute atomic E-state index is 0.00786. The average molecular weight is 746 g/mol. The number of tetrazole rings is 1. The first kappa shape index (κ1) is 35.8. The molecule has 0 spiro atoms. The summed E-state index contributed by atoms with van der Waals surface area (Å²) in [6.07, 6.45) is 2.49. The van der Waals surface area contributed by atoms with E-state index in [2.05, 4.69) is 60.6 Å². The number of rotatable bonds is 12. The van der Waals surface area contributed by atoms with Crippen LogP contribution in [0.15, 0.2) is 85.3 Å². The molecule has 2 fully saturated rings. The summed E-state index contributed by atoms with van der Waals surface area (Å²) in [6.45, 7) is 3.51. The molecule has 284 valence electrons. The van der Waals surface area contributed by atoms with E-state index in [1.54, 1.807) is 18.5 Å². The number of aliphatic hydroxyl groups is 2. The van der Waals surface area contributed by atoms with E-state index in [-0.39, 0.29) is 18.0 Å². The summed E-state index contributed by atoms with van der Waals surface area (Å²) < 4.78 is 6.92. The number of aliphatic hydroxyl groups excluding tert-OH is 2. The molecule has 17 nitrogen and oxygen atoms in total. The van der Waals surface area contributed by atoms with Gasteiger partial charge in [-0.05, 0) is 35.2 Å². The minimum atomic E-state index is -1.14. The highest BCUT2D eigenvalue weighted by Gasteiger charge is 2.45. The lowest BCUT2D eigenvalue weighted by Gasteiger charge is -2.22. The Bertz CT molecular complexity index is 2180. The molecule has 1 saturated heterocycles. The van der Waals surface area contributed by atoms with Gasteiger partial charge in [0.25, 0.3) is 0 Å². The Hall–Kier alpha value is -6.20. The average Bonchev–Trinajstić information content (AvgIpc) is 4.03. The lowest BCUT2D eigenvalue weighted by Crippen LogP contribution is -2.40. The SMILES string of the molecule is CCc1nnn(C2CC(n3cnc4c(NCC(c5ccccc5)c5ccccc5)nc(N5CCC(NC(=O)Nc6ccc(OC)nc6)C5)nc43)C(O)C2O)n1. The fourth-order valence-corrected chi connectivity index (χ4v) is 7.43. The molecular formula is C38H43N13O4. The topological polar surface area (TPSA) is 206 Å². The van der Waals surface area contributed by atoms with Crippen LogP contribution in [0.4, 0.5) is 22.2 Å². The van der Waals surface area contributed by atoms with Crippen molar-refractivity contribution in [1.29, 1.82) is 0 Å². The Kier molecular flexibility index (Phi) is 10.2. The van der Waals surface area contributed by atoms with Crippen LogP contribution >= 0.6 is 0 Å². The van der Waals surface area contributed by atoms with Gasteiger partial charge >= 0.3 is 6.03 Å². The van der Waals surface area contributed by atoms with Crippen molar-refractivity contribution in [2.75, 3.05) is 42.3 Å². The van der Waals surface area contributed by atoms with Crippen molar-refractivity contribution in [1.82, 2.24) is 50.0 Å². The Morgan fingerprint density at radius 1 is 0.964 bits per heavy atom. The maximum Gasteiger partial charge on any atom is 0.319 e. The van der Waals surface area contributed by atoms with E-state index in [1.165, 1.54) is 18.1 Å². The normalized spacial score (nSPS) is 21.0. The molecule has 5 heterocycles. The van der Waals surface area contributed by atoms with Crippen molar-refractivity contribution in [2.45, 2.75) is 62.4 Å². The van der Waals surface area contributed by atoms with Crippen LogP contribution in [0.25, 0.3) is 11.2 Å². The predicted octanol–water partition coefficient (Wildman–Crippen LogP) is 3.33. The van der Waals surface area contributed by atoms with Crippen LogP contribution < -0.4 is 25.6 Å². The number of ether oxygens (including phenoxy) is 1. The highest BCUT2D eigenvalue weighted by atomic mass is 16.5. The van der Waals surface area contributed by atoms with Crippen molar-refractivity contribution in [3.05, 3.63) is 102 Å². The number of aryl methyl sites for hydroxylation is 1. The smallest absolute Gasteiger partial charge is 0.319 e. The molecule has 0 bridgehead atoms. The number of hydrogen-bond donors (Lipinski definition) is 5. The number of aromatic nitrogens is 9. The highest BCUT2D eigenvalue weighted by molar-refractivity contribution is 5.89. The molecule has 6 aromatic rings. The Labute approximate surface area is 316 Å². The van der Waals surface area contributed by atoms with Crippen LogP contribution in [0.5, 0.6) is 5.88 Å². The number of urea groups is 1. The number of pyridine rings is 1. The zero-order valence-corrected chi connectivity index (χ0v) is 30.5. The molecule has 8 rings (SSSR count). The molecule has 1 aliphatic heterocycles. The highest BCUT2D eigenvalue weighted by Crippen LogP contribution is 2.40. The standard InChI is InChI=1S/C38H43N13O4/c1-3-30-46-48-51(47-30)29-18-28(33(52)34(29)53)50-22-41-32-35(40-20-27(23-10-6-4-7-11-23)24-12-8-5-9-13-24)44-37(45-36(32)50)49-17-16-26(21-49)43-38(54)42-25-14-15-31(55-2)39-19-25/h4-15,19,22,26-29,33-34,52-53H,3,16-18,20-21H2,1-2H3,(H,40,44,45)(H2,42,43,54). The molecule has 5 N–H and O–H groups in total. The monoisotopic (exact) mass is 745 g/mol. The lowest BCUT2D eigenvalue weighted by atomic mass is 9.91. The maximum absolute atomic E-state index is 12.9. The van der Waals surface area contributed by atoms with Crippen molar-refractivity contribution in [3.8, 4) is 5.88 Å². The molecular weight excluding hydrogens is 703 g/mol. The van der Waals surface area contributed by atoms with Gasteiger partial charge in [-0.3, -0.25) is 0 Å². The Morgan fingerprint density at radius 3 is 2.38 bits per heavy atom. The summed E-state index contributed by atoms with van der Waals surface area (Å²) in [4.78, 5) is 35.3. The number of amides is 2. The second kappa shape index (κ2) is 15.6. The summed E-state index contributed by atoms with van der Waals surface area (Å²) >= 11 is 0. The number of methoxy groups -OCH3 is 1. The summed E-state index contributed by atoms with van der Waals surface area (Å²) in [5, 5.41) is 44.7. The molecule has 2 aromatic carbocycles. The summed E-state index contributed by atoms with van der Waals surface area (Å²) in [7, 11) is 1.53. The first-order valence-electron chi connectivity index (χ1n) is 18.4. The van der Waals surface area contributed by atoms with Crippen LogP contribution in [0.3, 0.4) is 0 Å². The van der Waals surface area contributed by atoms with Crippen molar-refractivity contribution in [3.63, 3.8) is 0 Å². The Balaban J connectivity index is 1.08. The van der Waals surface area contributed by atoms with Gasteiger partial charge in [0, 0.05) is 44.1 Å². The first-order valence-corrected chi connectivity index (χ1v) is 18.4. The minimum Gasteiger partial charge on any atom is -0.481 e. The van der Waals surface area contributed by atoms with Gasteiger partial charge in [0.2, 0.25) is 11.8 Å². The van der Waals surface area contributed by atoms with Crippen LogP contribution in [0, 0.1) is 0 Å². The fourth-order valence-electron chi connectivity index (χ4n) is 7.43. The Morgan fingerprint density at radius 2 is 1.71 bits per heavy atom. The number of benzene rings is 2. The van der Waals surface area contributed by atoms with E-state index < -0.39 is 24.3 Å². The summed E-state index contributed by atoms with van der Waals surface area (Å²) in [5.74, 6) is 2.01. The second-order valence-electron chi connectivity index (χ2n) is 13.8. The third-order valence-electron chi connectivity index (χ3n) is 10.4. The number of nitrogens with zero attached hydrogens (tertiary/aromatic N) is 10. The lowest BCUT2D eigenvalue weighted by molar-refractivity contribution is 0.00473. The van der Waals surface area contributed by atoms with E-state index in [9.17, 15) is 15.0 Å². The molecule has 0 radical (unpaired) electrons. The molecule has 1 aliphatic carbocycles. The van der Waals surface area contributed by atoms with E-state index in [4.69, 9.17) is 19.7 Å². The van der Waals surface area contributed by atoms with Gasteiger partial charge in [-0.15, -0.1) is 10.2 Å². The molecule has 5 atom stereocenters. The number of fused-ring (bicyclic) bond motifs is 1. The van der Waals surface area contributed by atoms with Crippen molar-refractivity contribution >= 4 is 34.6 Å². The number of anilines is 3. The molecule has 1 saturated carbocycles. The number of imidazole rings is 1. The molecule has 55 heavy (non-hydrogen) atoms. The van der Waals surface area contributed by atoms with E-state index >= 15 is 0 Å². The van der Waals surface area contributed by atoms with Crippen molar-refractivity contribution in [2.24, 2.45) is 0 Å². The second-order valence-corrected chi connectivity index (χ2v) is 13.8. The van der Waals surface area contributed by atoms with Gasteiger partial charge in [0.15, 0.2) is 22.8 Å². The summed E-state index contributed by atoms with van der Waals surface area (Å²) in [5.41, 5.74) is 3.87. The van der Waals surface area contributed by atoms with Gasteiger partial charge < -0.3 is 40.4 Å².